The highest BCUT2D eigenvalue weighted by Crippen LogP contribution is 2.37. The molecule has 0 spiro atoms. The van der Waals surface area contributed by atoms with Crippen LogP contribution in [-0.4, -0.2) is 20.7 Å². The Morgan fingerprint density at radius 1 is 0.958 bits per heavy atom. The van der Waals surface area contributed by atoms with E-state index in [0.717, 1.165) is 12.7 Å². The van der Waals surface area contributed by atoms with Crippen molar-refractivity contribution in [3.63, 3.8) is 0 Å². The van der Waals surface area contributed by atoms with E-state index in [4.69, 9.17) is 4.43 Å². The van der Waals surface area contributed by atoms with Gasteiger partial charge in [0.2, 0.25) is 0 Å². The molecule has 0 aliphatic heterocycles. The molecule has 0 heterocycles. The smallest absolute Gasteiger partial charge is 0.261 e. The van der Waals surface area contributed by atoms with Crippen molar-refractivity contribution in [2.24, 2.45) is 0 Å². The summed E-state index contributed by atoms with van der Waals surface area (Å²) in [4.78, 5) is 10.8. The second kappa shape index (κ2) is 7.91. The van der Waals surface area contributed by atoms with Gasteiger partial charge in [-0.2, -0.15) is 0 Å². The molecule has 0 aliphatic rings. The second-order valence-electron chi connectivity index (χ2n) is 7.34. The van der Waals surface area contributed by atoms with Crippen LogP contribution in [0.25, 0.3) is 0 Å². The highest BCUT2D eigenvalue weighted by atomic mass is 28.4. The standard InChI is InChI=1S/C21H28O2Si/c1-18(12-11-17-22)23-24(21(2,3)4,19-13-7-5-8-14-19)20-15-9-6-10-16-20/h5-10,13-18H,11-12H2,1-4H3/t18-/m0/s1. The minimum absolute atomic E-state index is 0.0227. The predicted octanol–water partition coefficient (Wildman–Crippen LogP) is 3.93. The van der Waals surface area contributed by atoms with Crippen molar-refractivity contribution < 1.29 is 9.22 Å². The van der Waals surface area contributed by atoms with Crippen molar-refractivity contribution in [3.8, 4) is 0 Å². The molecule has 0 bridgehead atoms. The Balaban J connectivity index is 2.59. The van der Waals surface area contributed by atoms with Crippen LogP contribution < -0.4 is 10.4 Å². The first kappa shape index (κ1) is 18.6. The molecule has 2 aromatic carbocycles. The van der Waals surface area contributed by atoms with E-state index in [0.29, 0.717) is 6.42 Å². The van der Waals surface area contributed by atoms with Crippen molar-refractivity contribution in [1.29, 1.82) is 0 Å². The van der Waals surface area contributed by atoms with E-state index in [2.05, 4.69) is 76.2 Å². The van der Waals surface area contributed by atoms with Crippen LogP contribution in [0.5, 0.6) is 0 Å². The summed E-state index contributed by atoms with van der Waals surface area (Å²) < 4.78 is 6.86. The molecule has 24 heavy (non-hydrogen) atoms. The Hall–Kier alpha value is -1.71. The van der Waals surface area contributed by atoms with Crippen molar-refractivity contribution in [2.75, 3.05) is 0 Å². The lowest BCUT2D eigenvalue weighted by Crippen LogP contribution is -2.67. The summed E-state index contributed by atoms with van der Waals surface area (Å²) in [6.07, 6.45) is 2.32. The molecule has 128 valence electrons. The van der Waals surface area contributed by atoms with Gasteiger partial charge in [-0.15, -0.1) is 0 Å². The van der Waals surface area contributed by atoms with E-state index in [-0.39, 0.29) is 11.1 Å². The molecule has 0 unspecified atom stereocenters. The minimum Gasteiger partial charge on any atom is -0.405 e. The topological polar surface area (TPSA) is 26.3 Å². The summed E-state index contributed by atoms with van der Waals surface area (Å²) in [6, 6.07) is 21.2. The van der Waals surface area contributed by atoms with Crippen LogP contribution in [0.3, 0.4) is 0 Å². The van der Waals surface area contributed by atoms with Gasteiger partial charge >= 0.3 is 0 Å². The Labute approximate surface area is 147 Å². The van der Waals surface area contributed by atoms with Gasteiger partial charge in [-0.05, 0) is 28.8 Å². The van der Waals surface area contributed by atoms with Crippen LogP contribution in [0.4, 0.5) is 0 Å². The van der Waals surface area contributed by atoms with Gasteiger partial charge in [0.05, 0.1) is 0 Å². The van der Waals surface area contributed by atoms with Crippen molar-refractivity contribution >= 4 is 25.0 Å². The Morgan fingerprint density at radius 3 is 1.79 bits per heavy atom. The van der Waals surface area contributed by atoms with Gasteiger partial charge in [-0.3, -0.25) is 0 Å². The van der Waals surface area contributed by atoms with E-state index in [1.165, 1.54) is 10.4 Å². The fourth-order valence-electron chi connectivity index (χ4n) is 3.35. The number of hydrogen-bond donors (Lipinski definition) is 0. The maximum atomic E-state index is 10.8. The van der Waals surface area contributed by atoms with Gasteiger partial charge in [-0.1, -0.05) is 81.4 Å². The van der Waals surface area contributed by atoms with E-state index < -0.39 is 8.32 Å². The molecule has 0 fully saturated rings. The second-order valence-corrected chi connectivity index (χ2v) is 11.6. The lowest BCUT2D eigenvalue weighted by molar-refractivity contribution is -0.108. The van der Waals surface area contributed by atoms with E-state index in [1.807, 2.05) is 12.1 Å². The number of carbonyl (C=O) groups is 1. The average Bonchev–Trinajstić information content (AvgIpc) is 2.58. The molecule has 0 aliphatic carbocycles. The summed E-state index contributed by atoms with van der Waals surface area (Å²) in [7, 11) is -2.48. The van der Waals surface area contributed by atoms with Gasteiger partial charge < -0.3 is 9.22 Å². The number of aldehydes is 1. The molecule has 1 atom stereocenters. The molecule has 0 saturated carbocycles. The van der Waals surface area contributed by atoms with Gasteiger partial charge in [0.15, 0.2) is 0 Å². The Bertz CT molecular complexity index is 592. The average molecular weight is 341 g/mol. The monoisotopic (exact) mass is 340 g/mol. The van der Waals surface area contributed by atoms with Crippen molar-refractivity contribution in [2.45, 2.75) is 51.7 Å². The van der Waals surface area contributed by atoms with Crippen LogP contribution in [0.15, 0.2) is 60.7 Å². The molecule has 2 rings (SSSR count). The summed E-state index contributed by atoms with van der Waals surface area (Å²) in [5.41, 5.74) is 0. The maximum absolute atomic E-state index is 10.8. The zero-order chi connectivity index (χ0) is 17.6. The zero-order valence-corrected chi connectivity index (χ0v) is 16.2. The third-order valence-electron chi connectivity index (χ3n) is 4.49. The highest BCUT2D eigenvalue weighted by molar-refractivity contribution is 6.99. The first-order valence-electron chi connectivity index (χ1n) is 8.64. The molecule has 0 aromatic heterocycles. The maximum Gasteiger partial charge on any atom is 0.261 e. The molecule has 2 aromatic rings. The van der Waals surface area contributed by atoms with Gasteiger partial charge in [-0.25, -0.2) is 0 Å². The molecule has 0 radical (unpaired) electrons. The molecule has 0 N–H and O–H groups in total. The quantitative estimate of drug-likeness (QED) is 0.564. The van der Waals surface area contributed by atoms with Gasteiger partial charge in [0.25, 0.3) is 8.32 Å². The first-order valence-corrected chi connectivity index (χ1v) is 10.5. The van der Waals surface area contributed by atoms with Crippen LogP contribution in [0.1, 0.15) is 40.5 Å². The fourth-order valence-corrected chi connectivity index (χ4v) is 8.09. The highest BCUT2D eigenvalue weighted by Gasteiger charge is 2.50. The van der Waals surface area contributed by atoms with Crippen LogP contribution >= 0.6 is 0 Å². The molecular weight excluding hydrogens is 312 g/mol. The normalized spacial score (nSPS) is 13.5. The largest absolute Gasteiger partial charge is 0.405 e. The number of carbonyl (C=O) groups excluding carboxylic acids is 1. The zero-order valence-electron chi connectivity index (χ0n) is 15.2. The van der Waals surface area contributed by atoms with E-state index in [1.54, 1.807) is 0 Å². The van der Waals surface area contributed by atoms with Crippen LogP contribution in [0, 0.1) is 0 Å². The third-order valence-corrected chi connectivity index (χ3v) is 9.65. The summed E-state index contributed by atoms with van der Waals surface area (Å²) in [6.45, 7) is 8.89. The third kappa shape index (κ3) is 3.85. The van der Waals surface area contributed by atoms with Gasteiger partial charge in [0.1, 0.15) is 6.29 Å². The van der Waals surface area contributed by atoms with Crippen molar-refractivity contribution in [1.82, 2.24) is 0 Å². The van der Waals surface area contributed by atoms with E-state index >= 15 is 0 Å². The van der Waals surface area contributed by atoms with Crippen LogP contribution in [0.2, 0.25) is 5.04 Å². The number of hydrogen-bond acceptors (Lipinski definition) is 2. The first-order chi connectivity index (χ1) is 11.4. The molecule has 0 amide bonds. The van der Waals surface area contributed by atoms with Crippen LogP contribution in [-0.2, 0) is 9.22 Å². The molecule has 0 saturated heterocycles. The Morgan fingerprint density at radius 2 is 1.42 bits per heavy atom. The predicted molar refractivity (Wildman–Crippen MR) is 103 cm³/mol. The summed E-state index contributed by atoms with van der Waals surface area (Å²) in [5, 5.41) is 2.54. The number of rotatable bonds is 7. The summed E-state index contributed by atoms with van der Waals surface area (Å²) >= 11 is 0. The fraction of sp³-hybridized carbons (Fsp3) is 0.381. The number of benzene rings is 2. The lowest BCUT2D eigenvalue weighted by Gasteiger charge is -2.44. The summed E-state index contributed by atoms with van der Waals surface area (Å²) in [5.74, 6) is 0. The Kier molecular flexibility index (Phi) is 6.14. The van der Waals surface area contributed by atoms with E-state index in [9.17, 15) is 4.79 Å². The molecule has 2 nitrogen and oxygen atoms in total. The van der Waals surface area contributed by atoms with Crippen molar-refractivity contribution in [3.05, 3.63) is 60.7 Å². The lowest BCUT2D eigenvalue weighted by atomic mass is 10.2. The van der Waals surface area contributed by atoms with Gasteiger partial charge in [0, 0.05) is 12.5 Å². The molecule has 3 heteroatoms. The SMILES string of the molecule is C[C@@H](CCC=O)O[Si](c1ccccc1)(c1ccccc1)C(C)(C)C. The minimum atomic E-state index is -2.48. The molecular formula is C21H28O2Si.